The van der Waals surface area contributed by atoms with Gasteiger partial charge in [0.15, 0.2) is 0 Å². The van der Waals surface area contributed by atoms with E-state index in [1.54, 1.807) is 11.0 Å². The second-order valence-corrected chi connectivity index (χ2v) is 3.95. The number of carboxylic acid groups (broad SMARTS) is 1. The molecule has 0 saturated carbocycles. The molecule has 0 aliphatic carbocycles. The first kappa shape index (κ1) is 14.9. The monoisotopic (exact) mass is 265 g/mol. The Morgan fingerprint density at radius 3 is 2.63 bits per heavy atom. The summed E-state index contributed by atoms with van der Waals surface area (Å²) in [7, 11) is 0. The van der Waals surface area contributed by atoms with Crippen molar-refractivity contribution in [3.05, 3.63) is 23.9 Å². The molecule has 0 saturated heterocycles. The van der Waals surface area contributed by atoms with Gasteiger partial charge in [0.05, 0.1) is 0 Å². The number of pyridine rings is 1. The van der Waals surface area contributed by atoms with Crippen LogP contribution in [0, 0.1) is 0 Å². The third-order valence-corrected chi connectivity index (χ3v) is 2.79. The lowest BCUT2D eigenvalue weighted by Crippen LogP contribution is -2.31. The third kappa shape index (κ3) is 4.24. The van der Waals surface area contributed by atoms with E-state index in [1.165, 1.54) is 12.3 Å². The molecule has 0 aromatic carbocycles. The van der Waals surface area contributed by atoms with Crippen molar-refractivity contribution in [3.63, 3.8) is 0 Å². The van der Waals surface area contributed by atoms with Crippen LogP contribution in [-0.4, -0.2) is 46.5 Å². The summed E-state index contributed by atoms with van der Waals surface area (Å²) in [6, 6.07) is 3.04. The molecule has 6 heteroatoms. The smallest absolute Gasteiger partial charge is 0.339 e. The lowest BCUT2D eigenvalue weighted by Gasteiger charge is -2.18. The van der Waals surface area contributed by atoms with Gasteiger partial charge in [-0.25, -0.2) is 9.78 Å². The standard InChI is InChI=1S/C13H19N3O3/c1-3-16(4-2)11(17)7-9-15-12-10(13(18)19)6-5-8-14-12/h5-6,8H,3-4,7,9H2,1-2H3,(H,14,15)(H,18,19). The summed E-state index contributed by atoms with van der Waals surface area (Å²) >= 11 is 0. The maximum absolute atomic E-state index is 11.8. The number of nitrogens with zero attached hydrogens (tertiary/aromatic N) is 2. The summed E-state index contributed by atoms with van der Waals surface area (Å²) < 4.78 is 0. The fourth-order valence-corrected chi connectivity index (χ4v) is 1.74. The Labute approximate surface area is 112 Å². The highest BCUT2D eigenvalue weighted by atomic mass is 16.4. The van der Waals surface area contributed by atoms with Gasteiger partial charge in [0.25, 0.3) is 0 Å². The number of hydrogen-bond acceptors (Lipinski definition) is 4. The van der Waals surface area contributed by atoms with Crippen molar-refractivity contribution in [2.24, 2.45) is 0 Å². The molecule has 0 bridgehead atoms. The first-order chi connectivity index (χ1) is 9.10. The molecule has 0 radical (unpaired) electrons. The van der Waals surface area contributed by atoms with E-state index in [0.29, 0.717) is 31.9 Å². The minimum absolute atomic E-state index is 0.0466. The van der Waals surface area contributed by atoms with Crippen molar-refractivity contribution < 1.29 is 14.7 Å². The second kappa shape index (κ2) is 7.35. The molecule has 0 spiro atoms. The molecule has 0 aliphatic rings. The van der Waals surface area contributed by atoms with Crippen LogP contribution in [0.2, 0.25) is 0 Å². The van der Waals surface area contributed by atoms with E-state index in [1.807, 2.05) is 13.8 Å². The van der Waals surface area contributed by atoms with Crippen LogP contribution >= 0.6 is 0 Å². The molecule has 1 amide bonds. The van der Waals surface area contributed by atoms with Gasteiger partial charge < -0.3 is 15.3 Å². The van der Waals surface area contributed by atoms with Crippen molar-refractivity contribution in [3.8, 4) is 0 Å². The summed E-state index contributed by atoms with van der Waals surface area (Å²) in [5, 5.41) is 11.9. The molecular formula is C13H19N3O3. The Bertz CT molecular complexity index is 445. The predicted molar refractivity (Wildman–Crippen MR) is 72.2 cm³/mol. The molecule has 1 rings (SSSR count). The quantitative estimate of drug-likeness (QED) is 0.779. The number of carbonyl (C=O) groups excluding carboxylic acids is 1. The Morgan fingerprint density at radius 2 is 2.05 bits per heavy atom. The predicted octanol–water partition coefficient (Wildman–Crippen LogP) is 1.45. The van der Waals surface area contributed by atoms with E-state index >= 15 is 0 Å². The lowest BCUT2D eigenvalue weighted by atomic mass is 10.2. The molecule has 0 fully saturated rings. The van der Waals surface area contributed by atoms with Crippen LogP contribution in [0.15, 0.2) is 18.3 Å². The van der Waals surface area contributed by atoms with Crippen LogP contribution in [0.25, 0.3) is 0 Å². The number of hydrogen-bond donors (Lipinski definition) is 2. The Morgan fingerprint density at radius 1 is 1.37 bits per heavy atom. The van der Waals surface area contributed by atoms with Gasteiger partial charge >= 0.3 is 5.97 Å². The fraction of sp³-hybridized carbons (Fsp3) is 0.462. The van der Waals surface area contributed by atoms with Crippen LogP contribution in [0.5, 0.6) is 0 Å². The van der Waals surface area contributed by atoms with Gasteiger partial charge in [0.1, 0.15) is 11.4 Å². The molecule has 6 nitrogen and oxygen atoms in total. The van der Waals surface area contributed by atoms with Gasteiger partial charge in [-0.3, -0.25) is 4.79 Å². The van der Waals surface area contributed by atoms with Crippen LogP contribution in [-0.2, 0) is 4.79 Å². The van der Waals surface area contributed by atoms with Crippen LogP contribution in [0.3, 0.4) is 0 Å². The summed E-state index contributed by atoms with van der Waals surface area (Å²) in [5.41, 5.74) is 0.109. The van der Waals surface area contributed by atoms with E-state index in [0.717, 1.165) is 0 Å². The summed E-state index contributed by atoms with van der Waals surface area (Å²) in [6.45, 7) is 5.58. The maximum atomic E-state index is 11.8. The zero-order valence-electron chi connectivity index (χ0n) is 11.2. The molecule has 1 aromatic heterocycles. The molecule has 1 heterocycles. The first-order valence-electron chi connectivity index (χ1n) is 6.30. The molecule has 0 atom stereocenters. The van der Waals surface area contributed by atoms with Gasteiger partial charge in [-0.15, -0.1) is 0 Å². The van der Waals surface area contributed by atoms with Gasteiger partial charge in [-0.2, -0.15) is 0 Å². The highest BCUT2D eigenvalue weighted by molar-refractivity contribution is 5.93. The van der Waals surface area contributed by atoms with Crippen molar-refractivity contribution in [1.82, 2.24) is 9.88 Å². The number of aromatic nitrogens is 1. The highest BCUT2D eigenvalue weighted by Gasteiger charge is 2.12. The largest absolute Gasteiger partial charge is 0.478 e. The van der Waals surface area contributed by atoms with E-state index in [9.17, 15) is 9.59 Å². The second-order valence-electron chi connectivity index (χ2n) is 3.95. The van der Waals surface area contributed by atoms with Crippen LogP contribution in [0.1, 0.15) is 30.6 Å². The Balaban J connectivity index is 2.54. The molecule has 1 aromatic rings. The van der Waals surface area contributed by atoms with Gasteiger partial charge in [0.2, 0.25) is 5.91 Å². The number of aromatic carboxylic acids is 1. The van der Waals surface area contributed by atoms with Crippen molar-refractivity contribution in [1.29, 1.82) is 0 Å². The van der Waals surface area contributed by atoms with E-state index in [-0.39, 0.29) is 11.5 Å². The zero-order valence-corrected chi connectivity index (χ0v) is 11.2. The lowest BCUT2D eigenvalue weighted by molar-refractivity contribution is -0.130. The van der Waals surface area contributed by atoms with Crippen LogP contribution < -0.4 is 5.32 Å². The summed E-state index contributed by atoms with van der Waals surface area (Å²) in [5.74, 6) is -0.696. The molecular weight excluding hydrogens is 246 g/mol. The van der Waals surface area contributed by atoms with Gasteiger partial charge in [0, 0.05) is 32.3 Å². The molecule has 104 valence electrons. The fourth-order valence-electron chi connectivity index (χ4n) is 1.74. The van der Waals surface area contributed by atoms with E-state index in [4.69, 9.17) is 5.11 Å². The Hall–Kier alpha value is -2.11. The number of carboxylic acids is 1. The summed E-state index contributed by atoms with van der Waals surface area (Å²) in [6.07, 6.45) is 1.83. The number of carbonyl (C=O) groups is 2. The first-order valence-corrected chi connectivity index (χ1v) is 6.30. The third-order valence-electron chi connectivity index (χ3n) is 2.79. The van der Waals surface area contributed by atoms with E-state index < -0.39 is 5.97 Å². The average molecular weight is 265 g/mol. The topological polar surface area (TPSA) is 82.5 Å². The molecule has 0 unspecified atom stereocenters. The number of rotatable bonds is 7. The summed E-state index contributed by atoms with van der Waals surface area (Å²) in [4.78, 5) is 28.4. The number of anilines is 1. The minimum atomic E-state index is -1.04. The van der Waals surface area contributed by atoms with Crippen molar-refractivity contribution >= 4 is 17.7 Å². The van der Waals surface area contributed by atoms with Gasteiger partial charge in [-0.05, 0) is 26.0 Å². The molecule has 0 aliphatic heterocycles. The van der Waals surface area contributed by atoms with Crippen molar-refractivity contribution in [2.75, 3.05) is 25.0 Å². The molecule has 19 heavy (non-hydrogen) atoms. The van der Waals surface area contributed by atoms with Crippen LogP contribution in [0.4, 0.5) is 5.82 Å². The van der Waals surface area contributed by atoms with Gasteiger partial charge in [-0.1, -0.05) is 0 Å². The normalized spacial score (nSPS) is 10.0. The zero-order chi connectivity index (χ0) is 14.3. The Kier molecular flexibility index (Phi) is 5.78. The van der Waals surface area contributed by atoms with Crippen molar-refractivity contribution in [2.45, 2.75) is 20.3 Å². The van der Waals surface area contributed by atoms with E-state index in [2.05, 4.69) is 10.3 Å². The minimum Gasteiger partial charge on any atom is -0.478 e. The highest BCUT2D eigenvalue weighted by Crippen LogP contribution is 2.11. The number of nitrogens with one attached hydrogen (secondary N) is 1. The average Bonchev–Trinajstić information content (AvgIpc) is 2.40. The number of amides is 1. The molecule has 2 N–H and O–H groups in total. The maximum Gasteiger partial charge on any atom is 0.339 e. The SMILES string of the molecule is CCN(CC)C(=O)CCNc1ncccc1C(=O)O.